The first-order valence-electron chi connectivity index (χ1n) is 12.7. The van der Waals surface area contributed by atoms with Gasteiger partial charge in [-0.15, -0.1) is 0 Å². The number of hydrogen-bond donors (Lipinski definition) is 0. The molecular weight excluding hydrogens is 620 g/mol. The summed E-state index contributed by atoms with van der Waals surface area (Å²) in [6, 6.07) is 28.1. The van der Waals surface area contributed by atoms with Gasteiger partial charge in [0.1, 0.15) is 0 Å². The van der Waals surface area contributed by atoms with Gasteiger partial charge >= 0.3 is 0 Å². The molecular formula is C32H27BrN2O4S2. The number of aryl methyl sites for hydroxylation is 2. The molecule has 6 aromatic rings. The zero-order chi connectivity index (χ0) is 29.4. The summed E-state index contributed by atoms with van der Waals surface area (Å²) in [6.07, 6.45) is 5.08. The number of nitrogens with zero attached hydrogens (tertiary/aromatic N) is 2. The summed E-state index contributed by atoms with van der Waals surface area (Å²) in [5, 5.41) is 1.85. The summed E-state index contributed by atoms with van der Waals surface area (Å²) in [7, 11) is -7.15. The largest absolute Gasteiger partial charge is 0.268 e. The average molecular weight is 648 g/mol. The van der Waals surface area contributed by atoms with Gasteiger partial charge in [0.25, 0.3) is 20.0 Å². The molecule has 0 fully saturated rings. The zero-order valence-electron chi connectivity index (χ0n) is 22.4. The van der Waals surface area contributed by atoms with E-state index >= 15 is 0 Å². The van der Waals surface area contributed by atoms with Crippen molar-refractivity contribution in [2.24, 2.45) is 0 Å². The second kappa shape index (κ2) is 11.2. The fraction of sp³-hybridized carbons (Fsp3) is 0.0625. The van der Waals surface area contributed by atoms with Crippen LogP contribution < -0.4 is 0 Å². The van der Waals surface area contributed by atoms with Gasteiger partial charge in [-0.25, -0.2) is 24.8 Å². The van der Waals surface area contributed by atoms with E-state index in [4.69, 9.17) is 0 Å². The van der Waals surface area contributed by atoms with E-state index in [1.165, 1.54) is 7.94 Å². The number of fused-ring (bicyclic) bond motifs is 2. The lowest BCUT2D eigenvalue weighted by Crippen LogP contribution is -2.11. The molecule has 2 aromatic heterocycles. The Hall–Kier alpha value is -3.92. The molecule has 0 aliphatic heterocycles. The Morgan fingerprint density at radius 1 is 0.610 bits per heavy atom. The lowest BCUT2D eigenvalue weighted by molar-refractivity contribution is 0.587. The highest BCUT2D eigenvalue weighted by molar-refractivity contribution is 9.10. The molecule has 0 saturated heterocycles. The van der Waals surface area contributed by atoms with Crippen LogP contribution in [-0.2, 0) is 20.0 Å². The van der Waals surface area contributed by atoms with Crippen LogP contribution in [0.4, 0.5) is 0 Å². The van der Waals surface area contributed by atoms with Gasteiger partial charge in [0, 0.05) is 27.6 Å². The molecule has 0 atom stereocenters. The van der Waals surface area contributed by atoms with Gasteiger partial charge in [-0.2, -0.15) is 0 Å². The molecule has 0 bridgehead atoms. The van der Waals surface area contributed by atoms with E-state index in [2.05, 4.69) is 22.5 Å². The van der Waals surface area contributed by atoms with Crippen molar-refractivity contribution in [3.8, 4) is 0 Å². The van der Waals surface area contributed by atoms with Gasteiger partial charge in [-0.1, -0.05) is 83.2 Å². The second-order valence-electron chi connectivity index (χ2n) is 9.43. The smallest absolute Gasteiger partial charge is 0.241 e. The predicted octanol–water partition coefficient (Wildman–Crippen LogP) is 7.78. The van der Waals surface area contributed by atoms with Crippen molar-refractivity contribution >= 4 is 63.9 Å². The topological polar surface area (TPSA) is 78.1 Å². The van der Waals surface area contributed by atoms with Crippen LogP contribution in [0.5, 0.6) is 0 Å². The number of aromatic nitrogens is 2. The fourth-order valence-corrected chi connectivity index (χ4v) is 8.40. The van der Waals surface area contributed by atoms with E-state index in [9.17, 15) is 16.8 Å². The predicted molar refractivity (Wildman–Crippen MR) is 169 cm³/mol. The Bertz CT molecular complexity index is 2110. The molecule has 208 valence electrons. The van der Waals surface area contributed by atoms with Crippen molar-refractivity contribution < 1.29 is 16.8 Å². The Balaban J connectivity index is 0.000000165. The fourth-order valence-electron chi connectivity index (χ4n) is 4.86. The molecule has 9 heteroatoms. The molecule has 0 radical (unpaired) electrons. The quantitative estimate of drug-likeness (QED) is 0.192. The van der Waals surface area contributed by atoms with Crippen molar-refractivity contribution in [2.75, 3.05) is 0 Å². The van der Waals surface area contributed by atoms with Gasteiger partial charge in [-0.05, 0) is 73.0 Å². The van der Waals surface area contributed by atoms with Gasteiger partial charge in [0.15, 0.2) is 0 Å². The van der Waals surface area contributed by atoms with Crippen molar-refractivity contribution in [1.82, 2.24) is 7.94 Å². The first kappa shape index (κ1) is 28.6. The molecule has 0 N–H and O–H groups in total. The number of hydrogen-bond acceptors (Lipinski definition) is 4. The first-order valence-corrected chi connectivity index (χ1v) is 16.3. The van der Waals surface area contributed by atoms with Gasteiger partial charge in [0.05, 0.1) is 20.8 Å². The summed E-state index contributed by atoms with van der Waals surface area (Å²) < 4.78 is 54.6. The Kier molecular flexibility index (Phi) is 7.78. The summed E-state index contributed by atoms with van der Waals surface area (Å²) in [4.78, 5) is 0.572. The minimum Gasteiger partial charge on any atom is -0.241 e. The highest BCUT2D eigenvalue weighted by atomic mass is 79.9. The molecule has 0 aliphatic rings. The molecule has 0 spiro atoms. The number of halogens is 1. The third kappa shape index (κ3) is 5.16. The molecule has 6 rings (SSSR count). The lowest BCUT2D eigenvalue weighted by Gasteiger charge is -2.07. The highest BCUT2D eigenvalue weighted by Gasteiger charge is 2.22. The number of benzene rings is 4. The molecule has 0 saturated carbocycles. The van der Waals surface area contributed by atoms with Crippen molar-refractivity contribution in [1.29, 1.82) is 0 Å². The van der Waals surface area contributed by atoms with E-state index in [-0.39, 0.29) is 9.79 Å². The standard InChI is InChI=1S/C17H15NO2S.C15H12BrNO2S/c1-3-14-8-7-11-16-17(14)13(2)12-18(16)21(19,20)15-9-5-4-6-10-15;1-11-10-17(14-9-5-8-13(16)15(11)14)20(18,19)12-6-3-2-4-7-12/h3-12H,1H2,2H3;2-10H,1H3. The van der Waals surface area contributed by atoms with Crippen LogP contribution in [0.3, 0.4) is 0 Å². The van der Waals surface area contributed by atoms with E-state index in [0.717, 1.165) is 31.9 Å². The zero-order valence-corrected chi connectivity index (χ0v) is 25.6. The van der Waals surface area contributed by atoms with Crippen LogP contribution in [0.25, 0.3) is 27.9 Å². The molecule has 0 unspecified atom stereocenters. The van der Waals surface area contributed by atoms with Crippen LogP contribution in [0.15, 0.2) is 130 Å². The molecule has 2 heterocycles. The van der Waals surface area contributed by atoms with E-state index in [0.29, 0.717) is 11.0 Å². The van der Waals surface area contributed by atoms with Crippen LogP contribution in [0.2, 0.25) is 0 Å². The summed E-state index contributed by atoms with van der Waals surface area (Å²) in [6.45, 7) is 7.61. The normalized spacial score (nSPS) is 11.8. The Morgan fingerprint density at radius 2 is 1.05 bits per heavy atom. The van der Waals surface area contributed by atoms with Gasteiger partial charge < -0.3 is 0 Å². The van der Waals surface area contributed by atoms with Crippen LogP contribution in [-0.4, -0.2) is 24.8 Å². The average Bonchev–Trinajstić information content (AvgIpc) is 3.53. The molecule has 41 heavy (non-hydrogen) atoms. The van der Waals surface area contributed by atoms with Crippen LogP contribution >= 0.6 is 15.9 Å². The Morgan fingerprint density at radius 3 is 1.54 bits per heavy atom. The monoisotopic (exact) mass is 646 g/mol. The van der Waals surface area contributed by atoms with E-state index in [1.807, 2.05) is 50.2 Å². The second-order valence-corrected chi connectivity index (χ2v) is 13.9. The summed E-state index contributed by atoms with van der Waals surface area (Å²) >= 11 is 3.48. The van der Waals surface area contributed by atoms with Crippen molar-refractivity contribution in [3.05, 3.63) is 137 Å². The van der Waals surface area contributed by atoms with E-state index in [1.54, 1.807) is 79.1 Å². The SMILES string of the molecule is C=Cc1cccc2c1c(C)cn2S(=O)(=O)c1ccccc1.Cc1cn(S(=O)(=O)c2ccccc2)c2cccc(Br)c12. The van der Waals surface area contributed by atoms with Crippen molar-refractivity contribution in [2.45, 2.75) is 23.6 Å². The van der Waals surface area contributed by atoms with E-state index < -0.39 is 20.0 Å². The van der Waals surface area contributed by atoms with Gasteiger partial charge in [0.2, 0.25) is 0 Å². The minimum absolute atomic E-state index is 0.283. The minimum atomic E-state index is -3.59. The van der Waals surface area contributed by atoms with Crippen LogP contribution in [0, 0.1) is 13.8 Å². The molecule has 6 nitrogen and oxygen atoms in total. The maximum atomic E-state index is 12.8. The first-order chi connectivity index (χ1) is 19.6. The van der Waals surface area contributed by atoms with Crippen LogP contribution in [0.1, 0.15) is 16.7 Å². The molecule has 0 aliphatic carbocycles. The summed E-state index contributed by atoms with van der Waals surface area (Å²) in [5.74, 6) is 0. The molecule has 0 amide bonds. The lowest BCUT2D eigenvalue weighted by atomic mass is 10.1. The third-order valence-corrected chi connectivity index (χ3v) is 10.8. The Labute approximate surface area is 248 Å². The maximum Gasteiger partial charge on any atom is 0.268 e. The number of rotatable bonds is 5. The highest BCUT2D eigenvalue weighted by Crippen LogP contribution is 2.31. The molecule has 4 aromatic carbocycles. The van der Waals surface area contributed by atoms with Gasteiger partial charge in [-0.3, -0.25) is 0 Å². The summed E-state index contributed by atoms with van der Waals surface area (Å²) in [5.41, 5.74) is 4.13. The third-order valence-electron chi connectivity index (χ3n) is 6.77. The maximum absolute atomic E-state index is 12.8. The van der Waals surface area contributed by atoms with Crippen molar-refractivity contribution in [3.63, 3.8) is 0 Å².